The van der Waals surface area contributed by atoms with Crippen molar-refractivity contribution >= 4 is 11.5 Å². The van der Waals surface area contributed by atoms with Gasteiger partial charge in [-0.15, -0.1) is 13.2 Å². The predicted octanol–water partition coefficient (Wildman–Crippen LogP) is 5.52. The summed E-state index contributed by atoms with van der Waals surface area (Å²) in [6.45, 7) is 7.98. The minimum Gasteiger partial charge on any atom is -0.472 e. The molecule has 0 aliphatic carbocycles. The second kappa shape index (κ2) is 11.6. The maximum Gasteiger partial charge on any atom is 0.573 e. The third-order valence-corrected chi connectivity index (χ3v) is 3.79. The zero-order valence-corrected chi connectivity index (χ0v) is 17.1. The largest absolute Gasteiger partial charge is 0.573 e. The lowest BCUT2D eigenvalue weighted by atomic mass is 10.0. The fraction of sp³-hybridized carbons (Fsp3) is 0.286. The summed E-state index contributed by atoms with van der Waals surface area (Å²) in [6.07, 6.45) is 3.04. The lowest BCUT2D eigenvalue weighted by molar-refractivity contribution is -0.274. The van der Waals surface area contributed by atoms with Gasteiger partial charge in [0.2, 0.25) is 5.90 Å². The SMILES string of the molecule is C=C/C(=C\C=C1/CCC(OCc2cn[nH]n2)=NO1)c1ccc(OC(F)(F)F)cc1.CC. The smallest absolute Gasteiger partial charge is 0.472 e. The second-order valence-corrected chi connectivity index (χ2v) is 5.86. The summed E-state index contributed by atoms with van der Waals surface area (Å²) in [5.41, 5.74) is 2.04. The summed E-state index contributed by atoms with van der Waals surface area (Å²) < 4.78 is 46.1. The Balaban J connectivity index is 0.00000166. The van der Waals surface area contributed by atoms with Crippen LogP contribution in [0.3, 0.4) is 0 Å². The minimum absolute atomic E-state index is 0.242. The van der Waals surface area contributed by atoms with Gasteiger partial charge in [0.1, 0.15) is 23.8 Å². The van der Waals surface area contributed by atoms with Crippen LogP contribution in [0, 0.1) is 0 Å². The first-order valence-electron chi connectivity index (χ1n) is 9.54. The number of ether oxygens (including phenoxy) is 2. The molecule has 166 valence electrons. The number of halogens is 3. The molecule has 1 aliphatic rings. The van der Waals surface area contributed by atoms with Crippen LogP contribution in [0.1, 0.15) is 37.9 Å². The highest BCUT2D eigenvalue weighted by Gasteiger charge is 2.30. The third-order valence-electron chi connectivity index (χ3n) is 3.79. The number of oxime groups is 1. The molecule has 0 fully saturated rings. The van der Waals surface area contributed by atoms with E-state index >= 15 is 0 Å². The van der Waals surface area contributed by atoms with Crippen LogP contribution < -0.4 is 4.74 Å². The van der Waals surface area contributed by atoms with E-state index in [1.807, 2.05) is 13.8 Å². The number of hydrogen-bond donors (Lipinski definition) is 1. The van der Waals surface area contributed by atoms with Gasteiger partial charge >= 0.3 is 6.36 Å². The molecule has 31 heavy (non-hydrogen) atoms. The summed E-state index contributed by atoms with van der Waals surface area (Å²) in [6, 6.07) is 5.52. The molecular weight excluding hydrogens is 413 g/mol. The zero-order chi connectivity index (χ0) is 22.7. The summed E-state index contributed by atoms with van der Waals surface area (Å²) in [7, 11) is 0. The van der Waals surface area contributed by atoms with Gasteiger partial charge in [0.05, 0.1) is 6.20 Å². The summed E-state index contributed by atoms with van der Waals surface area (Å²) >= 11 is 0. The van der Waals surface area contributed by atoms with Gasteiger partial charge in [-0.05, 0) is 34.5 Å². The molecule has 0 amide bonds. The quantitative estimate of drug-likeness (QED) is 0.603. The molecule has 2 heterocycles. The molecule has 7 nitrogen and oxygen atoms in total. The minimum atomic E-state index is -4.72. The van der Waals surface area contributed by atoms with Gasteiger partial charge in [0, 0.05) is 12.8 Å². The maximum absolute atomic E-state index is 12.2. The van der Waals surface area contributed by atoms with Gasteiger partial charge in [-0.3, -0.25) is 0 Å². The van der Waals surface area contributed by atoms with Crippen molar-refractivity contribution in [3.63, 3.8) is 0 Å². The van der Waals surface area contributed by atoms with E-state index in [4.69, 9.17) is 9.57 Å². The molecule has 10 heteroatoms. The van der Waals surface area contributed by atoms with Gasteiger partial charge in [-0.25, -0.2) is 0 Å². The predicted molar refractivity (Wildman–Crippen MR) is 110 cm³/mol. The monoisotopic (exact) mass is 436 g/mol. The van der Waals surface area contributed by atoms with Crippen LogP contribution in [0.25, 0.3) is 5.57 Å². The van der Waals surface area contributed by atoms with Crippen molar-refractivity contribution in [1.29, 1.82) is 0 Å². The molecule has 0 saturated heterocycles. The van der Waals surface area contributed by atoms with Crippen molar-refractivity contribution in [2.75, 3.05) is 0 Å². The number of H-pyrrole nitrogens is 1. The lowest BCUT2D eigenvalue weighted by Gasteiger charge is -2.14. The number of benzene rings is 1. The van der Waals surface area contributed by atoms with Gasteiger partial charge in [0.25, 0.3) is 0 Å². The average Bonchev–Trinajstić information content (AvgIpc) is 3.29. The molecule has 1 aromatic carbocycles. The highest BCUT2D eigenvalue weighted by molar-refractivity contribution is 5.77. The van der Waals surface area contributed by atoms with Crippen molar-refractivity contribution in [3.05, 3.63) is 72.3 Å². The van der Waals surface area contributed by atoms with Gasteiger partial charge in [0.15, 0.2) is 0 Å². The van der Waals surface area contributed by atoms with Gasteiger partial charge in [-0.1, -0.05) is 44.7 Å². The molecular formula is C21H23F3N4O3. The van der Waals surface area contributed by atoms with Crippen LogP contribution in [-0.2, 0) is 16.2 Å². The fourth-order valence-electron chi connectivity index (χ4n) is 2.41. The van der Waals surface area contributed by atoms with E-state index in [2.05, 4.69) is 31.9 Å². The third kappa shape index (κ3) is 8.00. The van der Waals surface area contributed by atoms with Gasteiger partial charge in [-0.2, -0.15) is 15.4 Å². The number of allylic oxidation sites excluding steroid dienone is 5. The fourth-order valence-corrected chi connectivity index (χ4v) is 2.41. The first-order valence-corrected chi connectivity index (χ1v) is 9.54. The zero-order valence-electron chi connectivity index (χ0n) is 17.1. The van der Waals surface area contributed by atoms with E-state index in [9.17, 15) is 13.2 Å². The van der Waals surface area contributed by atoms with Crippen molar-refractivity contribution in [2.45, 2.75) is 39.7 Å². The van der Waals surface area contributed by atoms with Crippen LogP contribution in [0.2, 0.25) is 0 Å². The number of alkyl halides is 3. The van der Waals surface area contributed by atoms with E-state index in [-0.39, 0.29) is 12.4 Å². The number of nitrogens with zero attached hydrogens (tertiary/aromatic N) is 3. The Kier molecular flexibility index (Phi) is 8.86. The number of aromatic nitrogens is 3. The number of rotatable bonds is 6. The van der Waals surface area contributed by atoms with Gasteiger partial charge < -0.3 is 14.3 Å². The molecule has 3 rings (SSSR count). The second-order valence-electron chi connectivity index (χ2n) is 5.86. The van der Waals surface area contributed by atoms with E-state index in [0.29, 0.717) is 41.3 Å². The molecule has 0 spiro atoms. The molecule has 0 radical (unpaired) electrons. The first kappa shape index (κ1) is 23.7. The Morgan fingerprint density at radius 1 is 1.23 bits per heavy atom. The maximum atomic E-state index is 12.2. The Hall–Kier alpha value is -3.56. The summed E-state index contributed by atoms with van der Waals surface area (Å²) in [5.74, 6) is 0.791. The normalized spacial score (nSPS) is 15.3. The molecule has 1 aromatic heterocycles. The van der Waals surface area contributed by atoms with Crippen LogP contribution in [-0.4, -0.2) is 27.7 Å². The molecule has 0 atom stereocenters. The summed E-state index contributed by atoms with van der Waals surface area (Å²) in [5, 5.41) is 14.0. The highest BCUT2D eigenvalue weighted by atomic mass is 19.4. The van der Waals surface area contributed by atoms with Crippen molar-refractivity contribution < 1.29 is 27.5 Å². The van der Waals surface area contributed by atoms with Crippen LogP contribution in [0.5, 0.6) is 5.75 Å². The molecule has 1 N–H and O–H groups in total. The Morgan fingerprint density at radius 2 is 1.97 bits per heavy atom. The van der Waals surface area contributed by atoms with Crippen molar-refractivity contribution in [2.24, 2.45) is 5.16 Å². The molecule has 0 bridgehead atoms. The van der Waals surface area contributed by atoms with Crippen LogP contribution in [0.4, 0.5) is 13.2 Å². The van der Waals surface area contributed by atoms with Crippen LogP contribution >= 0.6 is 0 Å². The summed E-state index contributed by atoms with van der Waals surface area (Å²) in [4.78, 5) is 5.32. The van der Waals surface area contributed by atoms with E-state index in [1.165, 1.54) is 24.3 Å². The lowest BCUT2D eigenvalue weighted by Crippen LogP contribution is -2.16. The number of hydrogen-bond acceptors (Lipinski definition) is 6. The van der Waals surface area contributed by atoms with Crippen molar-refractivity contribution in [1.82, 2.24) is 15.4 Å². The van der Waals surface area contributed by atoms with E-state index < -0.39 is 6.36 Å². The standard InChI is InChI=1S/C19H17F3N4O3.C2H6/c1-2-13(14-4-6-16(7-5-14)28-19(20,21)22)3-8-17-9-10-18(25-29-17)27-12-15-11-23-26-24-15;1-2/h2-8,11H,1,9-10,12H2,(H,23,24,26);1-2H3/b13-3+,17-8+;. The molecule has 0 unspecified atom stereocenters. The van der Waals surface area contributed by atoms with Crippen molar-refractivity contribution in [3.8, 4) is 5.75 Å². The number of nitrogens with one attached hydrogen (secondary N) is 1. The average molecular weight is 436 g/mol. The Bertz CT molecular complexity index is 918. The van der Waals surface area contributed by atoms with E-state index in [1.54, 1.807) is 24.4 Å². The Morgan fingerprint density at radius 3 is 2.52 bits per heavy atom. The highest BCUT2D eigenvalue weighted by Crippen LogP contribution is 2.25. The molecule has 2 aromatic rings. The number of aromatic amines is 1. The van der Waals surface area contributed by atoms with Crippen LogP contribution in [0.15, 0.2) is 66.2 Å². The molecule has 1 aliphatic heterocycles. The van der Waals surface area contributed by atoms with E-state index in [0.717, 1.165) is 0 Å². The Labute approximate surface area is 177 Å². The first-order chi connectivity index (χ1) is 14.9. The topological polar surface area (TPSA) is 81.6 Å². The molecule has 0 saturated carbocycles.